The molecule has 0 bridgehead atoms. The summed E-state index contributed by atoms with van der Waals surface area (Å²) in [5.41, 5.74) is 0.271. The number of hydrogen-bond donors (Lipinski definition) is 1. The predicted octanol–water partition coefficient (Wildman–Crippen LogP) is 2.68. The van der Waals surface area contributed by atoms with Gasteiger partial charge in [0.15, 0.2) is 0 Å². The Morgan fingerprint density at radius 1 is 0.733 bits per heavy atom. The molecule has 0 amide bonds. The molecule has 1 rings (SSSR count). The molecule has 0 spiro atoms. The molecule has 180 valence electrons. The first-order valence-corrected chi connectivity index (χ1v) is 15.6. The van der Waals surface area contributed by atoms with Crippen LogP contribution in [0.5, 0.6) is 0 Å². The van der Waals surface area contributed by atoms with E-state index in [1.165, 1.54) is 0 Å². The van der Waals surface area contributed by atoms with Crippen LogP contribution < -0.4 is 5.32 Å². The van der Waals surface area contributed by atoms with Crippen molar-refractivity contribution < 1.29 is 26.6 Å². The van der Waals surface area contributed by atoms with Crippen molar-refractivity contribution in [3.05, 3.63) is 0 Å². The number of hydrogen-bond acceptors (Lipinski definition) is 8. The van der Waals surface area contributed by atoms with Crippen LogP contribution in [-0.4, -0.2) is 94.0 Å². The second-order valence-electron chi connectivity index (χ2n) is 7.08. The van der Waals surface area contributed by atoms with Gasteiger partial charge >= 0.3 is 17.6 Å². The highest BCUT2D eigenvalue weighted by Gasteiger charge is 2.55. The zero-order chi connectivity index (χ0) is 22.3. The van der Waals surface area contributed by atoms with Crippen LogP contribution in [0.2, 0.25) is 6.04 Å². The zero-order valence-electron chi connectivity index (χ0n) is 20.2. The third-order valence-electron chi connectivity index (χ3n) is 5.08. The molecule has 10 heteroatoms. The molecule has 8 nitrogen and oxygen atoms in total. The zero-order valence-corrected chi connectivity index (χ0v) is 22.2. The van der Waals surface area contributed by atoms with E-state index < -0.39 is 17.6 Å². The van der Waals surface area contributed by atoms with E-state index in [4.69, 9.17) is 26.6 Å². The van der Waals surface area contributed by atoms with E-state index in [2.05, 4.69) is 10.2 Å². The van der Waals surface area contributed by atoms with Gasteiger partial charge in [0.2, 0.25) is 0 Å². The molecule has 1 heterocycles. The van der Waals surface area contributed by atoms with Crippen LogP contribution in [0.4, 0.5) is 0 Å². The van der Waals surface area contributed by atoms with Gasteiger partial charge in [0.05, 0.1) is 5.67 Å². The maximum Gasteiger partial charge on any atom is 0.519 e. The second kappa shape index (κ2) is 15.8. The van der Waals surface area contributed by atoms with Gasteiger partial charge in [0.1, 0.15) is 0 Å². The van der Waals surface area contributed by atoms with Crippen molar-refractivity contribution in [3.63, 3.8) is 0 Å². The van der Waals surface area contributed by atoms with Crippen LogP contribution >= 0.6 is 0 Å². The summed E-state index contributed by atoms with van der Waals surface area (Å²) in [6, 6.07) is 0.844. The molecular formula is C20H46N2O6Si2. The van der Waals surface area contributed by atoms with Crippen LogP contribution in [0, 0.1) is 0 Å². The fourth-order valence-electron chi connectivity index (χ4n) is 3.90. The first-order valence-electron chi connectivity index (χ1n) is 11.8. The van der Waals surface area contributed by atoms with Gasteiger partial charge in [0.25, 0.3) is 0 Å². The quantitative estimate of drug-likeness (QED) is 0.217. The molecule has 0 aromatic heterocycles. The van der Waals surface area contributed by atoms with E-state index in [0.717, 1.165) is 45.1 Å². The van der Waals surface area contributed by atoms with Crippen LogP contribution in [0.15, 0.2) is 0 Å². The van der Waals surface area contributed by atoms with Gasteiger partial charge in [-0.3, -0.25) is 4.90 Å². The smallest absolute Gasteiger partial charge is 0.374 e. The Kier molecular flexibility index (Phi) is 14.9. The number of rotatable bonds is 20. The van der Waals surface area contributed by atoms with Crippen molar-refractivity contribution in [3.8, 4) is 0 Å². The van der Waals surface area contributed by atoms with Crippen LogP contribution in [0.25, 0.3) is 0 Å². The summed E-state index contributed by atoms with van der Waals surface area (Å²) in [5, 5.41) is 3.56. The summed E-state index contributed by atoms with van der Waals surface area (Å²) in [4.78, 5) is 2.44. The van der Waals surface area contributed by atoms with Crippen molar-refractivity contribution in [1.29, 1.82) is 0 Å². The largest absolute Gasteiger partial charge is 0.519 e. The lowest BCUT2D eigenvalue weighted by Crippen LogP contribution is -2.69. The highest BCUT2D eigenvalue weighted by molar-refractivity contribution is 6.62. The Morgan fingerprint density at radius 3 is 1.63 bits per heavy atom. The van der Waals surface area contributed by atoms with Gasteiger partial charge in [-0.15, -0.1) is 0 Å². The van der Waals surface area contributed by atoms with Gasteiger partial charge in [-0.1, -0.05) is 0 Å². The molecule has 0 saturated carbocycles. The number of nitrogens with zero attached hydrogens (tertiary/aromatic N) is 1. The molecular weight excluding hydrogens is 420 g/mol. The van der Waals surface area contributed by atoms with Gasteiger partial charge in [-0.2, -0.15) is 0 Å². The molecule has 0 aliphatic carbocycles. The summed E-state index contributed by atoms with van der Waals surface area (Å²) in [7, 11) is -5.18. The van der Waals surface area contributed by atoms with Gasteiger partial charge < -0.3 is 31.9 Å². The molecule has 30 heavy (non-hydrogen) atoms. The summed E-state index contributed by atoms with van der Waals surface area (Å²) in [6.45, 7) is 19.7. The number of nitrogens with one attached hydrogen (secondary N) is 1. The maximum absolute atomic E-state index is 6.09. The summed E-state index contributed by atoms with van der Waals surface area (Å²) < 4.78 is 36.0. The van der Waals surface area contributed by atoms with Crippen LogP contribution in [-0.2, 0) is 26.6 Å². The van der Waals surface area contributed by atoms with E-state index in [9.17, 15) is 0 Å². The Balaban J connectivity index is 2.42. The standard InChI is InChI=1S/C20H46N2O6Si2/c1-7-23-29(24-8-2,25-9-3)19-13-15-21-16-18-22-17-14-20(22)30(26-10-4,27-11-5)28-12-6/h20-21H,7-19H2,1-6H3. The van der Waals surface area contributed by atoms with E-state index in [1.807, 2.05) is 41.5 Å². The lowest BCUT2D eigenvalue weighted by atomic mass is 10.2. The SMILES string of the molecule is CCO[Si](CCCNCCN1CCC1[Si](OCC)(OCC)OCC)(OCC)OCC. The van der Waals surface area contributed by atoms with Crippen molar-refractivity contribution in [2.75, 3.05) is 65.8 Å². The fourth-order valence-corrected chi connectivity index (χ4v) is 9.74. The minimum absolute atomic E-state index is 0.271. The summed E-state index contributed by atoms with van der Waals surface area (Å²) in [5.74, 6) is 0. The Labute approximate surface area is 186 Å². The van der Waals surface area contributed by atoms with E-state index in [-0.39, 0.29) is 5.67 Å². The third kappa shape index (κ3) is 8.57. The summed E-state index contributed by atoms with van der Waals surface area (Å²) in [6.07, 6.45) is 2.06. The third-order valence-corrected chi connectivity index (χ3v) is 11.8. The maximum atomic E-state index is 6.09. The minimum Gasteiger partial charge on any atom is -0.374 e. The molecule has 0 radical (unpaired) electrons. The predicted molar refractivity (Wildman–Crippen MR) is 124 cm³/mol. The average Bonchev–Trinajstić information content (AvgIpc) is 2.67. The molecule has 0 aromatic rings. The monoisotopic (exact) mass is 466 g/mol. The van der Waals surface area contributed by atoms with Crippen molar-refractivity contribution in [2.45, 2.75) is 66.1 Å². The molecule has 1 unspecified atom stereocenters. The molecule has 1 aliphatic rings. The topological polar surface area (TPSA) is 70.7 Å². The van der Waals surface area contributed by atoms with Crippen molar-refractivity contribution in [1.82, 2.24) is 10.2 Å². The van der Waals surface area contributed by atoms with Crippen LogP contribution in [0.3, 0.4) is 0 Å². The number of likely N-dealkylation sites (tertiary alicyclic amines) is 1. The minimum atomic E-state index is -2.65. The second-order valence-corrected chi connectivity index (χ2v) is 12.6. The normalized spacial score (nSPS) is 18.0. The highest BCUT2D eigenvalue weighted by atomic mass is 28.4. The molecule has 1 atom stereocenters. The van der Waals surface area contributed by atoms with E-state index >= 15 is 0 Å². The van der Waals surface area contributed by atoms with Gasteiger partial charge in [0, 0.05) is 58.8 Å². The first-order chi connectivity index (χ1) is 14.6. The molecule has 1 aliphatic heterocycles. The van der Waals surface area contributed by atoms with Crippen molar-refractivity contribution in [2.24, 2.45) is 0 Å². The molecule has 0 aromatic carbocycles. The fraction of sp³-hybridized carbons (Fsp3) is 1.00. The first kappa shape index (κ1) is 28.1. The lowest BCUT2D eigenvalue weighted by molar-refractivity contribution is 0.00510. The van der Waals surface area contributed by atoms with Gasteiger partial charge in [-0.25, -0.2) is 0 Å². The lowest BCUT2D eigenvalue weighted by Gasteiger charge is -2.48. The van der Waals surface area contributed by atoms with Crippen LogP contribution in [0.1, 0.15) is 54.4 Å². The molecule has 1 N–H and O–H groups in total. The van der Waals surface area contributed by atoms with Crippen molar-refractivity contribution >= 4 is 17.6 Å². The average molecular weight is 467 g/mol. The Hall–Kier alpha value is 0.114. The van der Waals surface area contributed by atoms with E-state index in [1.54, 1.807) is 0 Å². The molecule has 1 fully saturated rings. The molecule has 1 saturated heterocycles. The van der Waals surface area contributed by atoms with Gasteiger partial charge in [-0.05, 0) is 67.5 Å². The van der Waals surface area contributed by atoms with E-state index in [0.29, 0.717) is 39.6 Å². The Morgan fingerprint density at radius 2 is 1.23 bits per heavy atom. The summed E-state index contributed by atoms with van der Waals surface area (Å²) >= 11 is 0. The Bertz CT molecular complexity index is 402. The highest BCUT2D eigenvalue weighted by Crippen LogP contribution is 2.29.